The number of hydrogen-bond donors (Lipinski definition) is 4. The summed E-state index contributed by atoms with van der Waals surface area (Å²) in [5.41, 5.74) is -2.05. The van der Waals surface area contributed by atoms with Crippen LogP contribution in [0.5, 0.6) is 0 Å². The number of nitrogens with zero attached hydrogens (tertiary/aromatic N) is 7. The van der Waals surface area contributed by atoms with E-state index in [2.05, 4.69) is 21.3 Å². The van der Waals surface area contributed by atoms with Crippen LogP contribution in [0.2, 0.25) is 5.02 Å². The van der Waals surface area contributed by atoms with Crippen molar-refractivity contribution in [1.29, 1.82) is 0 Å². The SMILES string of the molecule is CC[C@H](C)[C@@H]1NC(=O)[C@H](C)N(C)C(=O)C[C@@H](C)NC(=O)[C@H](C2CCCC2)N(C)C(=O)C2(CCCC2)NC(=O)C2CCCN2C(=O)[C@H](CCc2ccc(C(F)(F)F)c(Cl)c2)NC(=O)[C@@H](C)N(C)C(=O)[C@H](Cc2cccc(F)c2)N(C)C(=O)CN(C)C(=O)CN(C)C1=O. The van der Waals surface area contributed by atoms with Crippen molar-refractivity contribution in [2.75, 3.05) is 61.9 Å². The molecule has 27 heteroatoms. The number of aryl methyl sites for hydroxylation is 1. The Hall–Kier alpha value is -7.38. The number of nitrogens with one attached hydrogen (secondary N) is 4. The predicted molar refractivity (Wildman–Crippen MR) is 329 cm³/mol. The predicted octanol–water partition coefficient (Wildman–Crippen LogP) is 4.47. The highest BCUT2D eigenvalue weighted by molar-refractivity contribution is 6.31. The number of benzene rings is 2. The Morgan fingerprint density at radius 2 is 1.27 bits per heavy atom. The molecule has 2 heterocycles. The Bertz CT molecular complexity index is 3030. The number of amides is 11. The first kappa shape index (κ1) is 72.7. The van der Waals surface area contributed by atoms with Crippen LogP contribution in [0.25, 0.3) is 0 Å². The summed E-state index contributed by atoms with van der Waals surface area (Å²) in [6, 6.07) is -1.29. The minimum Gasteiger partial charge on any atom is -0.351 e. The van der Waals surface area contributed by atoms with Gasteiger partial charge in [0, 0.05) is 67.7 Å². The molecule has 9 atom stereocenters. The lowest BCUT2D eigenvalue weighted by atomic mass is 9.90. The number of halogens is 5. The maximum absolute atomic E-state index is 15.2. The maximum atomic E-state index is 15.2. The van der Waals surface area contributed by atoms with Crippen LogP contribution >= 0.6 is 11.6 Å². The molecular weight excluding hydrogens is 1210 g/mol. The van der Waals surface area contributed by atoms with Gasteiger partial charge in [-0.25, -0.2) is 4.39 Å². The summed E-state index contributed by atoms with van der Waals surface area (Å²) in [7, 11) is 8.14. The summed E-state index contributed by atoms with van der Waals surface area (Å²) in [6.07, 6.45) is -0.500. The number of fused-ring (bicyclic) bond motifs is 1. The Kier molecular flexibility index (Phi) is 25.0. The third kappa shape index (κ3) is 17.8. The van der Waals surface area contributed by atoms with Gasteiger partial charge < -0.3 is 55.6 Å². The van der Waals surface area contributed by atoms with Crippen LogP contribution in [0, 0.1) is 17.7 Å². The second-order valence-corrected chi connectivity index (χ2v) is 25.8. The standard InChI is InChI=1S/C64H90ClF4N11O11/c1-12-37(2)53-61(90)75(7)35-51(82)74(6)36-52(83)78(10)49(34-42-19-17-22-44(66)32-42)60(89)77(9)40(5)55(84)71-47(27-25-41-24-26-45(46(65)33-41)64(67,68)69)59(88)80-30-18-23-48(80)57(86)73-63(28-15-16-29-63)62(91)79(11)54(43-20-13-14-21-43)58(87)70-38(3)31-50(81)76(8)39(4)56(85)72-53/h17,19,22,24,26,32-33,37-40,43,47-49,53-54H,12-16,18,20-21,23,25,27-31,34-36H2,1-11H3,(H,70,87)(H,71,84)(H,72,85)(H,73,86)/t37-,38+,39-,40+,47-,48?,49-,53-,54-/m0/s1. The zero-order valence-electron chi connectivity index (χ0n) is 54.1. The summed E-state index contributed by atoms with van der Waals surface area (Å²) in [5, 5.41) is 10.8. The van der Waals surface area contributed by atoms with E-state index in [0.29, 0.717) is 38.5 Å². The van der Waals surface area contributed by atoms with Gasteiger partial charge in [-0.2, -0.15) is 13.2 Å². The highest BCUT2D eigenvalue weighted by Gasteiger charge is 2.50. The van der Waals surface area contributed by atoms with Crippen molar-refractivity contribution in [2.45, 2.75) is 191 Å². The largest absolute Gasteiger partial charge is 0.417 e. The zero-order valence-corrected chi connectivity index (χ0v) is 54.8. The third-order valence-electron chi connectivity index (χ3n) is 18.9. The Balaban J connectivity index is 1.38. The molecule has 4 aliphatic rings. The normalized spacial score (nSPS) is 26.7. The molecule has 1 spiro atoms. The highest BCUT2D eigenvalue weighted by Crippen LogP contribution is 2.38. The number of alkyl halides is 3. The molecule has 0 radical (unpaired) electrons. The Morgan fingerprint density at radius 1 is 0.648 bits per heavy atom. The van der Waals surface area contributed by atoms with Crippen LogP contribution in [0.4, 0.5) is 17.6 Å². The second-order valence-electron chi connectivity index (χ2n) is 25.4. The van der Waals surface area contributed by atoms with Gasteiger partial charge in [-0.15, -0.1) is 0 Å². The molecule has 11 amide bonds. The summed E-state index contributed by atoms with van der Waals surface area (Å²) in [5.74, 6) is -8.93. The monoisotopic (exact) mass is 1300 g/mol. The van der Waals surface area contributed by atoms with E-state index >= 15 is 9.59 Å². The fourth-order valence-corrected chi connectivity index (χ4v) is 13.0. The minimum atomic E-state index is -4.77. The number of likely N-dealkylation sites (N-methyl/N-ethyl adjacent to an activating group) is 6. The van der Waals surface area contributed by atoms with E-state index < -0.39 is 160 Å². The quantitative estimate of drug-likeness (QED) is 0.268. The van der Waals surface area contributed by atoms with Gasteiger partial charge in [-0.1, -0.05) is 75.8 Å². The summed E-state index contributed by atoms with van der Waals surface area (Å²) >= 11 is 6.11. The van der Waals surface area contributed by atoms with Crippen LogP contribution in [0.3, 0.4) is 0 Å². The average molecular weight is 1300 g/mol. The van der Waals surface area contributed by atoms with Gasteiger partial charge in [-0.3, -0.25) is 52.7 Å². The second kappa shape index (κ2) is 31.3. The van der Waals surface area contributed by atoms with E-state index in [1.807, 2.05) is 0 Å². The van der Waals surface area contributed by atoms with Crippen molar-refractivity contribution in [3.8, 4) is 0 Å². The van der Waals surface area contributed by atoms with Gasteiger partial charge in [0.05, 0.1) is 23.7 Å². The van der Waals surface area contributed by atoms with E-state index in [4.69, 9.17) is 11.6 Å². The maximum Gasteiger partial charge on any atom is 0.417 e. The molecule has 6 rings (SSSR count). The molecule has 91 heavy (non-hydrogen) atoms. The molecule has 502 valence electrons. The molecule has 2 saturated heterocycles. The van der Waals surface area contributed by atoms with Gasteiger partial charge in [0.1, 0.15) is 53.6 Å². The zero-order chi connectivity index (χ0) is 67.6. The van der Waals surface area contributed by atoms with Crippen molar-refractivity contribution in [2.24, 2.45) is 11.8 Å². The molecule has 2 aromatic rings. The van der Waals surface area contributed by atoms with E-state index in [1.54, 1.807) is 20.8 Å². The molecular formula is C64H90ClF4N11O11. The van der Waals surface area contributed by atoms with E-state index in [9.17, 15) is 60.7 Å². The summed E-state index contributed by atoms with van der Waals surface area (Å²) in [4.78, 5) is 167. The first-order valence-corrected chi connectivity index (χ1v) is 31.8. The molecule has 4 fully saturated rings. The van der Waals surface area contributed by atoms with Crippen LogP contribution in [0.1, 0.15) is 135 Å². The molecule has 1 unspecified atom stereocenters. The fourth-order valence-electron chi connectivity index (χ4n) is 12.7. The van der Waals surface area contributed by atoms with Crippen LogP contribution in [-0.2, 0) is 71.8 Å². The lowest BCUT2D eigenvalue weighted by molar-refractivity contribution is -0.150. The molecule has 4 N–H and O–H groups in total. The number of rotatable bonds is 8. The average Bonchev–Trinajstić information content (AvgIpc) is 2.01. The summed E-state index contributed by atoms with van der Waals surface area (Å²) in [6.45, 7) is 6.81. The molecule has 2 aliphatic carbocycles. The van der Waals surface area contributed by atoms with Crippen molar-refractivity contribution in [3.63, 3.8) is 0 Å². The minimum absolute atomic E-state index is 0.0210. The van der Waals surface area contributed by atoms with Crippen LogP contribution in [0.15, 0.2) is 42.5 Å². The summed E-state index contributed by atoms with van der Waals surface area (Å²) < 4.78 is 56.1. The molecule has 2 aliphatic heterocycles. The lowest BCUT2D eigenvalue weighted by Crippen LogP contribution is -2.64. The van der Waals surface area contributed by atoms with Gasteiger partial charge in [0.15, 0.2) is 0 Å². The van der Waals surface area contributed by atoms with Crippen LogP contribution in [-0.4, -0.2) is 215 Å². The molecule has 0 bridgehead atoms. The first-order valence-electron chi connectivity index (χ1n) is 31.4. The number of hydrogen-bond acceptors (Lipinski definition) is 11. The van der Waals surface area contributed by atoms with Crippen molar-refractivity contribution < 1.29 is 70.3 Å². The fraction of sp³-hybridized carbons (Fsp3) is 0.641. The molecule has 0 aromatic heterocycles. The van der Waals surface area contributed by atoms with Gasteiger partial charge in [0.2, 0.25) is 65.0 Å². The first-order chi connectivity index (χ1) is 42.7. The van der Waals surface area contributed by atoms with Gasteiger partial charge in [0.25, 0.3) is 0 Å². The number of carbonyl (C=O) groups excluding carboxylic acids is 11. The van der Waals surface area contributed by atoms with E-state index in [0.717, 1.165) is 50.6 Å². The van der Waals surface area contributed by atoms with Gasteiger partial charge >= 0.3 is 6.18 Å². The highest BCUT2D eigenvalue weighted by atomic mass is 35.5. The molecule has 2 saturated carbocycles. The smallest absolute Gasteiger partial charge is 0.351 e. The molecule has 2 aromatic carbocycles. The van der Waals surface area contributed by atoms with Gasteiger partial charge in [-0.05, 0) is 119 Å². The van der Waals surface area contributed by atoms with E-state index in [1.165, 1.54) is 95.1 Å². The number of carbonyl (C=O) groups is 11. The Morgan fingerprint density at radius 3 is 1.89 bits per heavy atom. The van der Waals surface area contributed by atoms with Crippen LogP contribution < -0.4 is 21.3 Å². The van der Waals surface area contributed by atoms with Crippen molar-refractivity contribution in [3.05, 3.63) is 70.0 Å². The third-order valence-corrected chi connectivity index (χ3v) is 19.2. The lowest BCUT2D eigenvalue weighted by Gasteiger charge is -2.40. The van der Waals surface area contributed by atoms with E-state index in [-0.39, 0.29) is 68.5 Å². The van der Waals surface area contributed by atoms with Crippen molar-refractivity contribution in [1.82, 2.24) is 55.6 Å². The topological polar surface area (TPSA) is 259 Å². The van der Waals surface area contributed by atoms with Crippen molar-refractivity contribution >= 4 is 76.6 Å². The molecule has 22 nitrogen and oxygen atoms in total. The Labute approximate surface area is 535 Å².